The van der Waals surface area contributed by atoms with E-state index in [0.29, 0.717) is 57.8 Å². The second-order valence-corrected chi connectivity index (χ2v) is 18.9. The highest BCUT2D eigenvalue weighted by Crippen LogP contribution is 2.54. The first-order valence-electron chi connectivity index (χ1n) is 22.5. The van der Waals surface area contributed by atoms with Crippen molar-refractivity contribution in [3.8, 4) is 0 Å². The third-order valence-electron chi connectivity index (χ3n) is 15.1. The minimum atomic E-state index is -1.45. The van der Waals surface area contributed by atoms with E-state index in [1.54, 1.807) is 19.1 Å². The fourth-order valence-electron chi connectivity index (χ4n) is 11.0. The summed E-state index contributed by atoms with van der Waals surface area (Å²) >= 11 is 0. The Balaban J connectivity index is 1.38. The number of ether oxygens (including phenoxy) is 6. The van der Waals surface area contributed by atoms with Crippen molar-refractivity contribution in [3.63, 3.8) is 0 Å². The molecule has 2 spiro atoms. The van der Waals surface area contributed by atoms with Crippen LogP contribution in [0.25, 0.3) is 0 Å². The maximum atomic E-state index is 14.6. The standard InChI is InChI=1S/C45H74FNO12/c1-11-31(40(50)51)33-15-14-25(4)38(56-33)29(8)36(48)28(7)37(49)32(12-2)39-26(5)24-27(6)44(57-39)19-16-34(47-41(52)54-23-22-46)45(59-44)21-20-42(10,58-45)35-17-18-43(53,13-3)30(9)55-35/h16,19,25-36,38-39,48,53H,11-15,17-18,20-24H2,1-10H3,(H,47,52)(H,50,51)/t25-,26-,27+,28-,29-,30-,31+,32?,33+,34+,35+,36+,38+,39-,42-,43+,44-,45-/m0/s1. The molecule has 0 aromatic rings. The van der Waals surface area contributed by atoms with Crippen LogP contribution in [0.1, 0.15) is 133 Å². The van der Waals surface area contributed by atoms with Gasteiger partial charge in [-0.1, -0.05) is 61.5 Å². The predicted molar refractivity (Wildman–Crippen MR) is 217 cm³/mol. The van der Waals surface area contributed by atoms with Crippen LogP contribution in [0.5, 0.6) is 0 Å². The van der Waals surface area contributed by atoms with Gasteiger partial charge in [0.2, 0.25) is 0 Å². The van der Waals surface area contributed by atoms with Crippen molar-refractivity contribution >= 4 is 17.8 Å². The van der Waals surface area contributed by atoms with E-state index in [1.165, 1.54) is 0 Å². The van der Waals surface area contributed by atoms with Gasteiger partial charge in [0.1, 0.15) is 25.1 Å². The summed E-state index contributed by atoms with van der Waals surface area (Å²) in [6, 6.07) is -0.836. The third kappa shape index (κ3) is 9.59. The fourth-order valence-corrected chi connectivity index (χ4v) is 11.0. The van der Waals surface area contributed by atoms with E-state index in [2.05, 4.69) is 12.2 Å². The molecule has 5 aliphatic rings. The first-order valence-corrected chi connectivity index (χ1v) is 22.5. The smallest absolute Gasteiger partial charge is 0.407 e. The summed E-state index contributed by atoms with van der Waals surface area (Å²) < 4.78 is 52.1. The molecular formula is C45H74FNO12. The quantitative estimate of drug-likeness (QED) is 0.126. The first-order chi connectivity index (χ1) is 27.7. The van der Waals surface area contributed by atoms with Crippen LogP contribution in [0.2, 0.25) is 0 Å². The number of Topliss-reactive ketones (excluding diaryl/α,β-unsaturated/α-hetero) is 1. The summed E-state index contributed by atoms with van der Waals surface area (Å²) in [5, 5.41) is 35.6. The second kappa shape index (κ2) is 19.0. The number of halogens is 1. The van der Waals surface area contributed by atoms with Gasteiger partial charge in [-0.15, -0.1) is 0 Å². The topological polar surface area (TPSA) is 179 Å². The monoisotopic (exact) mass is 840 g/mol. The predicted octanol–water partition coefficient (Wildman–Crippen LogP) is 6.89. The number of ketones is 1. The van der Waals surface area contributed by atoms with Gasteiger partial charge in [-0.05, 0) is 89.5 Å². The van der Waals surface area contributed by atoms with Gasteiger partial charge in [-0.25, -0.2) is 9.18 Å². The van der Waals surface area contributed by atoms with E-state index in [4.69, 9.17) is 28.4 Å². The lowest BCUT2D eigenvalue weighted by Gasteiger charge is -2.55. The largest absolute Gasteiger partial charge is 0.481 e. The molecule has 4 N–H and O–H groups in total. The molecule has 4 saturated heterocycles. The molecule has 1 unspecified atom stereocenters. The van der Waals surface area contributed by atoms with Crippen LogP contribution >= 0.6 is 0 Å². The van der Waals surface area contributed by atoms with E-state index in [-0.39, 0.29) is 29.6 Å². The Morgan fingerprint density at radius 1 is 0.932 bits per heavy atom. The minimum absolute atomic E-state index is 0.0561. The summed E-state index contributed by atoms with van der Waals surface area (Å²) in [4.78, 5) is 39.5. The van der Waals surface area contributed by atoms with E-state index in [0.717, 1.165) is 6.42 Å². The number of aliphatic carboxylic acids is 1. The zero-order valence-corrected chi connectivity index (χ0v) is 37.1. The lowest BCUT2D eigenvalue weighted by Crippen LogP contribution is -2.65. The zero-order chi connectivity index (χ0) is 43.7. The maximum Gasteiger partial charge on any atom is 0.407 e. The highest BCUT2D eigenvalue weighted by molar-refractivity contribution is 5.84. The summed E-state index contributed by atoms with van der Waals surface area (Å²) in [5.41, 5.74) is -1.80. The molecule has 59 heavy (non-hydrogen) atoms. The molecule has 18 atom stereocenters. The van der Waals surface area contributed by atoms with Crippen molar-refractivity contribution in [2.45, 2.75) is 199 Å². The van der Waals surface area contributed by atoms with Gasteiger partial charge in [0.05, 0.1) is 53.7 Å². The van der Waals surface area contributed by atoms with Gasteiger partial charge in [-0.3, -0.25) is 9.59 Å². The average Bonchev–Trinajstić information content (AvgIpc) is 3.54. The van der Waals surface area contributed by atoms with Gasteiger partial charge in [0.15, 0.2) is 11.6 Å². The molecule has 13 nitrogen and oxygen atoms in total. The van der Waals surface area contributed by atoms with Gasteiger partial charge in [0, 0.05) is 30.1 Å². The van der Waals surface area contributed by atoms with Crippen molar-refractivity contribution in [3.05, 3.63) is 12.2 Å². The summed E-state index contributed by atoms with van der Waals surface area (Å²) in [6.07, 6.45) is 4.91. The molecule has 1 amide bonds. The van der Waals surface area contributed by atoms with E-state index in [1.807, 2.05) is 55.4 Å². The summed E-state index contributed by atoms with van der Waals surface area (Å²) in [6.45, 7) is 18.1. The third-order valence-corrected chi connectivity index (χ3v) is 15.1. The molecule has 0 aliphatic carbocycles. The Kier molecular flexibility index (Phi) is 15.4. The van der Waals surface area contributed by atoms with Gasteiger partial charge in [0.25, 0.3) is 0 Å². The average molecular weight is 840 g/mol. The number of alkyl halides is 1. The number of hydrogen-bond acceptors (Lipinski definition) is 11. The van der Waals surface area contributed by atoms with Crippen LogP contribution in [0.15, 0.2) is 12.2 Å². The highest BCUT2D eigenvalue weighted by Gasteiger charge is 2.63. The second-order valence-electron chi connectivity index (χ2n) is 18.9. The zero-order valence-electron chi connectivity index (χ0n) is 37.1. The Morgan fingerprint density at radius 3 is 2.24 bits per heavy atom. The maximum absolute atomic E-state index is 14.6. The van der Waals surface area contributed by atoms with Crippen LogP contribution in [-0.4, -0.2) is 112 Å². The molecule has 0 aromatic heterocycles. The van der Waals surface area contributed by atoms with Crippen molar-refractivity contribution in [2.24, 2.45) is 41.4 Å². The lowest BCUT2D eigenvalue weighted by atomic mass is 9.72. The van der Waals surface area contributed by atoms with Gasteiger partial charge in [-0.2, -0.15) is 0 Å². The fraction of sp³-hybridized carbons (Fsp3) is 0.889. The number of hydrogen-bond donors (Lipinski definition) is 4. The Hall–Kier alpha value is -2.20. The minimum Gasteiger partial charge on any atom is -0.481 e. The molecule has 0 saturated carbocycles. The number of nitrogens with one attached hydrogen (secondary N) is 1. The molecule has 14 heteroatoms. The SMILES string of the molecule is CCC(C(=O)[C@@H](C)[C@@H](O)[C@H](C)[C@@H]1O[C@@H]([C@@H](CC)C(=O)O)CC[C@@H]1C)[C@H]1O[C@]2(C=C[C@@H](NC(=O)OCCF)[C@]3(CC[C@@](C)([C@H]4CC[C@](O)(CC)[C@H](C)O4)O3)O2)[C@H](C)C[C@@H]1C. The molecule has 5 heterocycles. The Morgan fingerprint density at radius 2 is 1.63 bits per heavy atom. The molecule has 338 valence electrons. The number of carbonyl (C=O) groups excluding carboxylic acids is 2. The summed E-state index contributed by atoms with van der Waals surface area (Å²) in [5.74, 6) is -6.42. The van der Waals surface area contributed by atoms with E-state index < -0.39 is 108 Å². The van der Waals surface area contributed by atoms with Crippen LogP contribution < -0.4 is 5.32 Å². The number of aliphatic hydroxyl groups is 2. The van der Waals surface area contributed by atoms with Crippen LogP contribution in [-0.2, 0) is 38.0 Å². The van der Waals surface area contributed by atoms with Crippen molar-refractivity contribution in [1.82, 2.24) is 5.32 Å². The molecule has 4 fully saturated rings. The number of carboxylic acids is 1. The molecule has 0 aromatic carbocycles. The van der Waals surface area contributed by atoms with Crippen molar-refractivity contribution in [1.29, 1.82) is 0 Å². The first kappa shape index (κ1) is 47.8. The molecule has 5 rings (SSSR count). The highest BCUT2D eigenvalue weighted by atomic mass is 19.1. The number of carboxylic acid groups (broad SMARTS) is 1. The normalized spacial score (nSPS) is 42.5. The van der Waals surface area contributed by atoms with E-state index in [9.17, 15) is 34.1 Å². The van der Waals surface area contributed by atoms with Crippen LogP contribution in [0, 0.1) is 41.4 Å². The van der Waals surface area contributed by atoms with Gasteiger partial charge >= 0.3 is 12.1 Å². The van der Waals surface area contributed by atoms with Crippen LogP contribution in [0.4, 0.5) is 9.18 Å². The van der Waals surface area contributed by atoms with Crippen LogP contribution in [0.3, 0.4) is 0 Å². The number of alkyl carbamates (subject to hydrolysis) is 1. The molecular weight excluding hydrogens is 765 g/mol. The van der Waals surface area contributed by atoms with Gasteiger partial charge < -0.3 is 49.1 Å². The Bertz CT molecular complexity index is 1500. The van der Waals surface area contributed by atoms with Crippen molar-refractivity contribution < 1.29 is 62.5 Å². The molecule has 5 aliphatic heterocycles. The number of carbonyl (C=O) groups is 3. The van der Waals surface area contributed by atoms with E-state index >= 15 is 0 Å². The Labute approximate surface area is 350 Å². The number of rotatable bonds is 15. The van der Waals surface area contributed by atoms with Crippen molar-refractivity contribution in [2.75, 3.05) is 13.3 Å². The number of amides is 1. The number of aliphatic hydroxyl groups excluding tert-OH is 1. The molecule has 0 bridgehead atoms. The lowest BCUT2D eigenvalue weighted by molar-refractivity contribution is -0.398. The molecule has 0 radical (unpaired) electrons. The summed E-state index contributed by atoms with van der Waals surface area (Å²) in [7, 11) is 0.